The molecule has 0 fully saturated rings. The molecule has 1 heterocycles. The molecule has 0 unspecified atom stereocenters. The van der Waals surface area contributed by atoms with Crippen LogP contribution in [0.15, 0.2) is 89.5 Å². The third kappa shape index (κ3) is 3.55. The largest absolute Gasteiger partial charge is 0.464 e. The first-order valence-electron chi connectivity index (χ1n) is 9.83. The van der Waals surface area contributed by atoms with Gasteiger partial charge in [0.25, 0.3) is 8.32 Å². The lowest BCUT2D eigenvalue weighted by Gasteiger charge is -2.43. The second-order valence-electron chi connectivity index (χ2n) is 8.32. The van der Waals surface area contributed by atoms with E-state index in [-0.39, 0.29) is 5.04 Å². The zero-order valence-corrected chi connectivity index (χ0v) is 18.7. The Morgan fingerprint density at radius 2 is 1.41 bits per heavy atom. The Kier molecular flexibility index (Phi) is 5.39. The lowest BCUT2D eigenvalue weighted by atomic mass is 10.2. The summed E-state index contributed by atoms with van der Waals surface area (Å²) in [5.74, 6) is 0. The predicted molar refractivity (Wildman–Crippen MR) is 124 cm³/mol. The molecule has 1 aromatic heterocycles. The van der Waals surface area contributed by atoms with Crippen LogP contribution in [0.2, 0.25) is 10.1 Å². The van der Waals surface area contributed by atoms with Gasteiger partial charge in [-0.3, -0.25) is 0 Å². The van der Waals surface area contributed by atoms with Crippen LogP contribution in [0.1, 0.15) is 26.3 Å². The van der Waals surface area contributed by atoms with Crippen LogP contribution in [-0.2, 0) is 11.0 Å². The van der Waals surface area contributed by atoms with Crippen molar-refractivity contribution in [3.63, 3.8) is 0 Å². The first kappa shape index (κ1) is 20.0. The van der Waals surface area contributed by atoms with Gasteiger partial charge in [-0.05, 0) is 27.5 Å². The summed E-state index contributed by atoms with van der Waals surface area (Å²) in [5.41, 5.74) is 1.82. The Bertz CT molecular complexity index is 1060. The van der Waals surface area contributed by atoms with Gasteiger partial charge in [-0.15, -0.1) is 0 Å². The molecule has 0 radical (unpaired) electrons. The normalized spacial score (nSPS) is 12.4. The molecule has 0 saturated carbocycles. The van der Waals surface area contributed by atoms with Crippen molar-refractivity contribution in [3.05, 3.63) is 95.7 Å². The highest BCUT2D eigenvalue weighted by atomic mass is 35.5. The SMILES string of the molecule is CC(C)(C)[Si](OCc1ccc(Cl)c2ccoc12)(c1ccccc1)c1ccccc1. The fourth-order valence-electron chi connectivity index (χ4n) is 4.15. The molecule has 0 N–H and O–H groups in total. The summed E-state index contributed by atoms with van der Waals surface area (Å²) in [6.45, 7) is 7.31. The van der Waals surface area contributed by atoms with Crippen LogP contribution < -0.4 is 10.4 Å². The van der Waals surface area contributed by atoms with E-state index < -0.39 is 8.32 Å². The summed E-state index contributed by atoms with van der Waals surface area (Å²) in [6, 6.07) is 27.2. The molecule has 0 aliphatic rings. The van der Waals surface area contributed by atoms with Crippen molar-refractivity contribution in [1.82, 2.24) is 0 Å². The van der Waals surface area contributed by atoms with E-state index in [4.69, 9.17) is 20.4 Å². The average Bonchev–Trinajstić information content (AvgIpc) is 3.22. The maximum atomic E-state index is 7.01. The third-order valence-electron chi connectivity index (χ3n) is 5.51. The number of hydrogen-bond donors (Lipinski definition) is 0. The van der Waals surface area contributed by atoms with Gasteiger partial charge in [-0.2, -0.15) is 0 Å². The maximum absolute atomic E-state index is 7.01. The van der Waals surface area contributed by atoms with Crippen molar-refractivity contribution in [2.75, 3.05) is 0 Å². The highest BCUT2D eigenvalue weighted by Gasteiger charge is 2.50. The lowest BCUT2D eigenvalue weighted by Crippen LogP contribution is -2.66. The third-order valence-corrected chi connectivity index (χ3v) is 10.8. The van der Waals surface area contributed by atoms with E-state index in [9.17, 15) is 0 Å². The number of furan rings is 1. The van der Waals surface area contributed by atoms with Crippen molar-refractivity contribution in [2.45, 2.75) is 32.4 Å². The molecule has 0 saturated heterocycles. The average molecular weight is 421 g/mol. The Morgan fingerprint density at radius 1 is 0.828 bits per heavy atom. The topological polar surface area (TPSA) is 22.4 Å². The summed E-state index contributed by atoms with van der Waals surface area (Å²) in [7, 11) is -2.59. The highest BCUT2D eigenvalue weighted by Crippen LogP contribution is 2.38. The molecular weight excluding hydrogens is 396 g/mol. The van der Waals surface area contributed by atoms with Crippen LogP contribution in [-0.4, -0.2) is 8.32 Å². The van der Waals surface area contributed by atoms with Crippen molar-refractivity contribution in [1.29, 1.82) is 0 Å². The molecule has 0 aliphatic heterocycles. The van der Waals surface area contributed by atoms with Crippen LogP contribution in [0, 0.1) is 0 Å². The van der Waals surface area contributed by atoms with Crippen molar-refractivity contribution < 1.29 is 8.84 Å². The van der Waals surface area contributed by atoms with E-state index >= 15 is 0 Å². The van der Waals surface area contributed by atoms with Gasteiger partial charge < -0.3 is 8.84 Å². The molecule has 0 atom stereocenters. The summed E-state index contributed by atoms with van der Waals surface area (Å²) >= 11 is 6.33. The highest BCUT2D eigenvalue weighted by molar-refractivity contribution is 6.99. The van der Waals surface area contributed by atoms with Crippen molar-refractivity contribution in [3.8, 4) is 0 Å². The van der Waals surface area contributed by atoms with E-state index in [1.807, 2.05) is 18.2 Å². The van der Waals surface area contributed by atoms with Gasteiger partial charge in [-0.25, -0.2) is 0 Å². The van der Waals surface area contributed by atoms with E-state index in [2.05, 4.69) is 81.4 Å². The molecule has 148 valence electrons. The number of rotatable bonds is 5. The second kappa shape index (κ2) is 7.83. The molecule has 0 spiro atoms. The Labute approximate surface area is 178 Å². The van der Waals surface area contributed by atoms with Crippen LogP contribution >= 0.6 is 11.6 Å². The standard InChI is InChI=1S/C25H25ClO2Si/c1-25(2,3)29(20-10-6-4-7-11-20,21-12-8-5-9-13-21)28-18-19-14-15-23(26)22-16-17-27-24(19)22/h4-17H,18H2,1-3H3. The number of benzene rings is 3. The minimum absolute atomic E-state index is 0.0651. The van der Waals surface area contributed by atoms with Crippen LogP contribution in [0.3, 0.4) is 0 Å². The number of fused-ring (bicyclic) bond motifs is 1. The summed E-state index contributed by atoms with van der Waals surface area (Å²) in [5, 5.41) is 4.09. The van der Waals surface area contributed by atoms with E-state index in [1.54, 1.807) is 6.26 Å². The maximum Gasteiger partial charge on any atom is 0.261 e. The zero-order chi connectivity index (χ0) is 20.5. The molecule has 0 amide bonds. The van der Waals surface area contributed by atoms with Crippen LogP contribution in [0.25, 0.3) is 11.0 Å². The molecule has 29 heavy (non-hydrogen) atoms. The minimum atomic E-state index is -2.59. The van der Waals surface area contributed by atoms with Gasteiger partial charge in [-0.1, -0.05) is 99.1 Å². The van der Waals surface area contributed by atoms with E-state index in [0.29, 0.717) is 11.6 Å². The lowest BCUT2D eigenvalue weighted by molar-refractivity contribution is 0.286. The van der Waals surface area contributed by atoms with Gasteiger partial charge >= 0.3 is 0 Å². The first-order chi connectivity index (χ1) is 13.9. The molecule has 3 aromatic carbocycles. The van der Waals surface area contributed by atoms with Crippen molar-refractivity contribution in [2.24, 2.45) is 0 Å². The summed E-state index contributed by atoms with van der Waals surface area (Å²) in [6.07, 6.45) is 1.68. The summed E-state index contributed by atoms with van der Waals surface area (Å²) < 4.78 is 12.7. The fraction of sp³-hybridized carbons (Fsp3) is 0.200. The minimum Gasteiger partial charge on any atom is -0.464 e. The first-order valence-corrected chi connectivity index (χ1v) is 12.1. The number of hydrogen-bond acceptors (Lipinski definition) is 2. The molecule has 0 aliphatic carbocycles. The Hall–Kier alpha value is -2.33. The molecule has 4 rings (SSSR count). The molecule has 0 bridgehead atoms. The van der Waals surface area contributed by atoms with Crippen LogP contribution in [0.5, 0.6) is 0 Å². The van der Waals surface area contributed by atoms with Crippen LogP contribution in [0.4, 0.5) is 0 Å². The van der Waals surface area contributed by atoms with Gasteiger partial charge in [0.15, 0.2) is 0 Å². The number of halogens is 1. The van der Waals surface area contributed by atoms with E-state index in [0.717, 1.165) is 16.5 Å². The van der Waals surface area contributed by atoms with Gasteiger partial charge in [0.1, 0.15) is 5.58 Å². The quantitative estimate of drug-likeness (QED) is 0.360. The van der Waals surface area contributed by atoms with Gasteiger partial charge in [0, 0.05) is 10.9 Å². The van der Waals surface area contributed by atoms with Crippen molar-refractivity contribution >= 4 is 41.3 Å². The molecular formula is C25H25ClO2Si. The predicted octanol–water partition coefficient (Wildman–Crippen LogP) is 6.16. The van der Waals surface area contributed by atoms with Gasteiger partial charge in [0.2, 0.25) is 0 Å². The fourth-order valence-corrected chi connectivity index (χ4v) is 8.89. The Morgan fingerprint density at radius 3 is 1.97 bits per heavy atom. The molecule has 4 heteroatoms. The molecule has 2 nitrogen and oxygen atoms in total. The Balaban J connectivity index is 1.84. The monoisotopic (exact) mass is 420 g/mol. The van der Waals surface area contributed by atoms with Gasteiger partial charge in [0.05, 0.1) is 17.9 Å². The summed E-state index contributed by atoms with van der Waals surface area (Å²) in [4.78, 5) is 0. The molecule has 4 aromatic rings. The zero-order valence-electron chi connectivity index (χ0n) is 17.0. The smallest absolute Gasteiger partial charge is 0.261 e. The second-order valence-corrected chi connectivity index (χ2v) is 13.0. The van der Waals surface area contributed by atoms with E-state index in [1.165, 1.54) is 10.4 Å².